The Balaban J connectivity index is 3.05. The molecule has 162 valence electrons. The Morgan fingerprint density at radius 2 is 1.66 bits per heavy atom. The van der Waals surface area contributed by atoms with Crippen LogP contribution in [0, 0.1) is 5.92 Å². The highest BCUT2D eigenvalue weighted by Gasteiger charge is 2.32. The Hall–Kier alpha value is -2.48. The van der Waals surface area contributed by atoms with Crippen molar-refractivity contribution in [3.8, 4) is 11.5 Å². The number of methoxy groups -OCH3 is 1. The molecule has 0 saturated heterocycles. The number of carbonyl (C=O) groups is 3. The van der Waals surface area contributed by atoms with Gasteiger partial charge in [0, 0.05) is 5.56 Å². The number of esters is 2. The van der Waals surface area contributed by atoms with E-state index in [1.807, 2.05) is 0 Å². The van der Waals surface area contributed by atoms with Crippen LogP contribution in [0.4, 0.5) is 0 Å². The van der Waals surface area contributed by atoms with E-state index in [-0.39, 0.29) is 29.5 Å². The molecular formula is C20H28ClNO7. The second-order valence-corrected chi connectivity index (χ2v) is 6.84. The highest BCUT2D eigenvalue weighted by molar-refractivity contribution is 6.32. The van der Waals surface area contributed by atoms with Crippen LogP contribution in [0.2, 0.25) is 5.02 Å². The van der Waals surface area contributed by atoms with Crippen molar-refractivity contribution in [2.24, 2.45) is 5.92 Å². The summed E-state index contributed by atoms with van der Waals surface area (Å²) in [6.45, 7) is 7.85. The molecule has 0 aliphatic rings. The lowest BCUT2D eigenvalue weighted by atomic mass is 10.1. The van der Waals surface area contributed by atoms with Gasteiger partial charge >= 0.3 is 11.9 Å². The minimum absolute atomic E-state index is 0.0483. The average Bonchev–Trinajstić information content (AvgIpc) is 2.66. The number of ether oxygens (including phenoxy) is 4. The first-order chi connectivity index (χ1) is 13.7. The van der Waals surface area contributed by atoms with Gasteiger partial charge in [-0.15, -0.1) is 0 Å². The largest absolute Gasteiger partial charge is 0.493 e. The fraction of sp³-hybridized carbons (Fsp3) is 0.550. The van der Waals surface area contributed by atoms with E-state index in [9.17, 15) is 14.4 Å². The molecule has 9 heteroatoms. The molecule has 0 saturated carbocycles. The van der Waals surface area contributed by atoms with Crippen molar-refractivity contribution in [3.05, 3.63) is 22.7 Å². The van der Waals surface area contributed by atoms with Gasteiger partial charge in [0.25, 0.3) is 5.91 Å². The molecule has 0 bridgehead atoms. The van der Waals surface area contributed by atoms with E-state index in [0.717, 1.165) is 6.42 Å². The molecule has 0 aromatic heterocycles. The van der Waals surface area contributed by atoms with E-state index in [4.69, 9.17) is 30.5 Å². The molecule has 29 heavy (non-hydrogen) atoms. The van der Waals surface area contributed by atoms with E-state index in [0.29, 0.717) is 18.3 Å². The highest BCUT2D eigenvalue weighted by atomic mass is 35.5. The lowest BCUT2D eigenvalue weighted by molar-refractivity contribution is -0.157. The van der Waals surface area contributed by atoms with Crippen molar-refractivity contribution in [2.45, 2.75) is 40.2 Å². The molecule has 1 aromatic rings. The van der Waals surface area contributed by atoms with Crippen molar-refractivity contribution in [3.63, 3.8) is 0 Å². The topological polar surface area (TPSA) is 100 Å². The summed E-state index contributed by atoms with van der Waals surface area (Å²) < 4.78 is 20.6. The van der Waals surface area contributed by atoms with E-state index < -0.39 is 23.9 Å². The second kappa shape index (κ2) is 12.2. The van der Waals surface area contributed by atoms with Crippen molar-refractivity contribution < 1.29 is 33.3 Å². The zero-order valence-electron chi connectivity index (χ0n) is 17.4. The number of carbonyl (C=O) groups excluding carboxylic acids is 3. The van der Waals surface area contributed by atoms with E-state index in [1.165, 1.54) is 19.2 Å². The molecule has 0 unspecified atom stereocenters. The Bertz CT molecular complexity index is 703. The lowest BCUT2D eigenvalue weighted by Gasteiger charge is -2.17. The van der Waals surface area contributed by atoms with Gasteiger partial charge in [-0.05, 0) is 38.3 Å². The quantitative estimate of drug-likeness (QED) is 0.426. The van der Waals surface area contributed by atoms with Crippen molar-refractivity contribution in [1.82, 2.24) is 5.32 Å². The van der Waals surface area contributed by atoms with Crippen LogP contribution in [-0.2, 0) is 19.1 Å². The molecule has 0 heterocycles. The van der Waals surface area contributed by atoms with Gasteiger partial charge in [-0.2, -0.15) is 0 Å². The molecular weight excluding hydrogens is 402 g/mol. The molecule has 0 fully saturated rings. The third kappa shape index (κ3) is 7.45. The third-order valence-electron chi connectivity index (χ3n) is 3.75. The van der Waals surface area contributed by atoms with Gasteiger partial charge in [0.1, 0.15) is 0 Å². The first-order valence-corrected chi connectivity index (χ1v) is 9.77. The van der Waals surface area contributed by atoms with Crippen molar-refractivity contribution >= 4 is 29.4 Å². The normalized spacial score (nSPS) is 10.6. The average molecular weight is 430 g/mol. The molecule has 1 rings (SSSR count). The van der Waals surface area contributed by atoms with Crippen LogP contribution < -0.4 is 14.8 Å². The van der Waals surface area contributed by atoms with Gasteiger partial charge in [0.15, 0.2) is 11.5 Å². The van der Waals surface area contributed by atoms with Gasteiger partial charge in [-0.3, -0.25) is 4.79 Å². The fourth-order valence-electron chi connectivity index (χ4n) is 2.27. The van der Waals surface area contributed by atoms with Gasteiger partial charge < -0.3 is 24.3 Å². The predicted molar refractivity (Wildman–Crippen MR) is 107 cm³/mol. The molecule has 1 aromatic carbocycles. The number of benzene rings is 1. The van der Waals surface area contributed by atoms with Crippen LogP contribution >= 0.6 is 11.6 Å². The summed E-state index contributed by atoms with van der Waals surface area (Å²) in [5.41, 5.74) is 0.0849. The molecule has 0 atom stereocenters. The summed E-state index contributed by atoms with van der Waals surface area (Å²) in [6.07, 6.45) is 0.822. The zero-order chi connectivity index (χ0) is 22.0. The zero-order valence-corrected chi connectivity index (χ0v) is 18.1. The van der Waals surface area contributed by atoms with E-state index in [2.05, 4.69) is 19.2 Å². The second-order valence-electron chi connectivity index (χ2n) is 6.43. The van der Waals surface area contributed by atoms with Crippen molar-refractivity contribution in [2.75, 3.05) is 26.9 Å². The molecule has 0 spiro atoms. The molecule has 1 N–H and O–H groups in total. The molecule has 0 radical (unpaired) electrons. The Kier molecular flexibility index (Phi) is 10.3. The number of halogens is 1. The summed E-state index contributed by atoms with van der Waals surface area (Å²) in [4.78, 5) is 36.7. The first-order valence-electron chi connectivity index (χ1n) is 9.39. The van der Waals surface area contributed by atoms with Crippen LogP contribution in [0.3, 0.4) is 0 Å². The van der Waals surface area contributed by atoms with Crippen LogP contribution in [-0.4, -0.2) is 50.8 Å². The first kappa shape index (κ1) is 24.6. The van der Waals surface area contributed by atoms with Gasteiger partial charge in [-0.1, -0.05) is 25.4 Å². The summed E-state index contributed by atoms with van der Waals surface area (Å²) in [5, 5.41) is 2.48. The number of hydrogen-bond donors (Lipinski definition) is 1. The smallest absolute Gasteiger partial charge is 0.340 e. The fourth-order valence-corrected chi connectivity index (χ4v) is 2.53. The maximum Gasteiger partial charge on any atom is 0.340 e. The summed E-state index contributed by atoms with van der Waals surface area (Å²) in [7, 11) is 1.42. The number of nitrogens with one attached hydrogen (secondary N) is 1. The predicted octanol–water partition coefficient (Wildman–Crippen LogP) is 3.00. The maximum atomic E-state index is 12.6. The third-order valence-corrected chi connectivity index (χ3v) is 4.03. The summed E-state index contributed by atoms with van der Waals surface area (Å²) >= 11 is 6.27. The Morgan fingerprint density at radius 1 is 1.07 bits per heavy atom. The van der Waals surface area contributed by atoms with Gasteiger partial charge in [0.2, 0.25) is 6.04 Å². The number of rotatable bonds is 11. The van der Waals surface area contributed by atoms with E-state index in [1.54, 1.807) is 13.8 Å². The Labute approximate surface area is 175 Å². The van der Waals surface area contributed by atoms with E-state index >= 15 is 0 Å². The molecule has 0 aliphatic carbocycles. The molecule has 8 nitrogen and oxygen atoms in total. The van der Waals surface area contributed by atoms with Crippen LogP contribution in [0.25, 0.3) is 0 Å². The van der Waals surface area contributed by atoms with Gasteiger partial charge in [0.05, 0.1) is 32.0 Å². The minimum Gasteiger partial charge on any atom is -0.493 e. The molecule has 1 amide bonds. The maximum absolute atomic E-state index is 12.6. The number of hydrogen-bond acceptors (Lipinski definition) is 7. The monoisotopic (exact) mass is 429 g/mol. The standard InChI is InChI=1S/C20H28ClNO7/c1-6-27-19(24)16(20(25)28-7-2)22-18(23)13-10-14(21)17(15(11-13)26-5)29-9-8-12(3)4/h10-12,16H,6-9H2,1-5H3,(H,22,23). The number of amides is 1. The lowest BCUT2D eigenvalue weighted by Crippen LogP contribution is -2.48. The van der Waals surface area contributed by atoms with Gasteiger partial charge in [-0.25, -0.2) is 9.59 Å². The summed E-state index contributed by atoms with van der Waals surface area (Å²) in [5.74, 6) is -1.51. The van der Waals surface area contributed by atoms with Crippen LogP contribution in [0.5, 0.6) is 11.5 Å². The Morgan fingerprint density at radius 3 is 2.14 bits per heavy atom. The summed E-state index contributed by atoms with van der Waals surface area (Å²) in [6, 6.07) is 1.20. The minimum atomic E-state index is -1.59. The van der Waals surface area contributed by atoms with Crippen molar-refractivity contribution in [1.29, 1.82) is 0 Å². The van der Waals surface area contributed by atoms with Crippen LogP contribution in [0.15, 0.2) is 12.1 Å². The van der Waals surface area contributed by atoms with Crippen LogP contribution in [0.1, 0.15) is 44.5 Å². The molecule has 0 aliphatic heterocycles. The highest BCUT2D eigenvalue weighted by Crippen LogP contribution is 2.36. The SMILES string of the molecule is CCOC(=O)C(NC(=O)c1cc(Cl)c(OCCC(C)C)c(OC)c1)C(=O)OCC.